The van der Waals surface area contributed by atoms with Crippen LogP contribution in [0, 0.1) is 0 Å². The summed E-state index contributed by atoms with van der Waals surface area (Å²) in [4.78, 5) is 39.3. The fourth-order valence-corrected chi connectivity index (χ4v) is 5.96. The molecule has 2 saturated heterocycles. The predicted octanol–water partition coefficient (Wildman–Crippen LogP) is 2.62. The SMILES string of the molecule is C[C@]1(c2cc3ccccc3o2)NC(=O)N(CC(=O)Nc2cccc(S(=O)(=O)N3CCCC3)c2)C1=O. The van der Waals surface area contributed by atoms with Crippen LogP contribution in [-0.2, 0) is 25.2 Å². The van der Waals surface area contributed by atoms with Crippen molar-refractivity contribution in [1.82, 2.24) is 14.5 Å². The van der Waals surface area contributed by atoms with E-state index in [9.17, 15) is 22.8 Å². The van der Waals surface area contributed by atoms with Crippen LogP contribution >= 0.6 is 0 Å². The van der Waals surface area contributed by atoms with E-state index in [-0.39, 0.29) is 16.3 Å². The van der Waals surface area contributed by atoms with Crippen molar-refractivity contribution in [3.63, 3.8) is 0 Å². The van der Waals surface area contributed by atoms with E-state index in [4.69, 9.17) is 4.42 Å². The molecule has 2 aliphatic rings. The number of imide groups is 1. The number of hydrogen-bond acceptors (Lipinski definition) is 6. The van der Waals surface area contributed by atoms with Crippen molar-refractivity contribution in [3.8, 4) is 0 Å². The van der Waals surface area contributed by atoms with Gasteiger partial charge in [0.1, 0.15) is 17.9 Å². The van der Waals surface area contributed by atoms with Crippen molar-refractivity contribution >= 4 is 44.5 Å². The van der Waals surface area contributed by atoms with Gasteiger partial charge in [0.25, 0.3) is 5.91 Å². The average Bonchev–Trinajstić information content (AvgIpc) is 3.56. The zero-order chi connectivity index (χ0) is 24.8. The van der Waals surface area contributed by atoms with Crippen LogP contribution in [0.1, 0.15) is 25.5 Å². The third-order valence-corrected chi connectivity index (χ3v) is 8.21. The lowest BCUT2D eigenvalue weighted by Gasteiger charge is -2.19. The minimum Gasteiger partial charge on any atom is -0.458 e. The molecule has 3 heterocycles. The number of furan rings is 1. The summed E-state index contributed by atoms with van der Waals surface area (Å²) in [5.41, 5.74) is -0.631. The van der Waals surface area contributed by atoms with Crippen LogP contribution in [0.25, 0.3) is 11.0 Å². The summed E-state index contributed by atoms with van der Waals surface area (Å²) >= 11 is 0. The number of benzene rings is 2. The van der Waals surface area contributed by atoms with Gasteiger partial charge in [0.05, 0.1) is 4.90 Å². The molecule has 0 saturated carbocycles. The highest BCUT2D eigenvalue weighted by atomic mass is 32.2. The number of sulfonamides is 1. The molecule has 1 aromatic heterocycles. The third kappa shape index (κ3) is 4.06. The maximum atomic E-state index is 13.2. The van der Waals surface area contributed by atoms with Gasteiger partial charge in [-0.15, -0.1) is 0 Å². The number of carbonyl (C=O) groups is 3. The Labute approximate surface area is 201 Å². The lowest BCUT2D eigenvalue weighted by Crippen LogP contribution is -2.41. The molecule has 10 nitrogen and oxygen atoms in total. The molecule has 3 aromatic rings. The zero-order valence-electron chi connectivity index (χ0n) is 19.0. The molecule has 4 amide bonds. The Morgan fingerprint density at radius 2 is 1.83 bits per heavy atom. The second-order valence-corrected chi connectivity index (χ2v) is 10.7. The first-order valence-corrected chi connectivity index (χ1v) is 12.7. The number of urea groups is 1. The van der Waals surface area contributed by atoms with E-state index in [1.807, 2.05) is 12.1 Å². The Balaban J connectivity index is 1.30. The van der Waals surface area contributed by atoms with Gasteiger partial charge in [0.2, 0.25) is 15.9 Å². The quantitative estimate of drug-likeness (QED) is 0.505. The Hall–Kier alpha value is -3.70. The van der Waals surface area contributed by atoms with Crippen LogP contribution in [0.15, 0.2) is 63.9 Å². The van der Waals surface area contributed by atoms with Crippen LogP contribution < -0.4 is 10.6 Å². The average molecular weight is 497 g/mol. The minimum atomic E-state index is -3.65. The molecule has 11 heteroatoms. The number of nitrogens with one attached hydrogen (secondary N) is 2. The first-order valence-electron chi connectivity index (χ1n) is 11.2. The second-order valence-electron chi connectivity index (χ2n) is 8.78. The first-order chi connectivity index (χ1) is 16.7. The summed E-state index contributed by atoms with van der Waals surface area (Å²) in [6.07, 6.45) is 1.63. The minimum absolute atomic E-state index is 0.0738. The lowest BCUT2D eigenvalue weighted by molar-refractivity contribution is -0.134. The number of nitrogens with zero attached hydrogens (tertiary/aromatic N) is 2. The summed E-state index contributed by atoms with van der Waals surface area (Å²) in [6, 6.07) is 14.1. The largest absolute Gasteiger partial charge is 0.458 e. The molecular formula is C24H24N4O6S. The van der Waals surface area contributed by atoms with Gasteiger partial charge in [0, 0.05) is 24.2 Å². The zero-order valence-corrected chi connectivity index (χ0v) is 19.8. The topological polar surface area (TPSA) is 129 Å². The van der Waals surface area contributed by atoms with Gasteiger partial charge in [-0.05, 0) is 50.1 Å². The number of fused-ring (bicyclic) bond motifs is 1. The molecule has 2 N–H and O–H groups in total. The summed E-state index contributed by atoms with van der Waals surface area (Å²) in [5.74, 6) is -1.00. The van der Waals surface area contributed by atoms with Crippen LogP contribution in [-0.4, -0.2) is 55.1 Å². The summed E-state index contributed by atoms with van der Waals surface area (Å²) in [6.45, 7) is 1.92. The van der Waals surface area contributed by atoms with Crippen LogP contribution in [0.2, 0.25) is 0 Å². The first kappa shape index (κ1) is 23.1. The van der Waals surface area contributed by atoms with Crippen LogP contribution in [0.5, 0.6) is 0 Å². The van der Waals surface area contributed by atoms with E-state index < -0.39 is 40.0 Å². The van der Waals surface area contributed by atoms with E-state index in [0.717, 1.165) is 23.1 Å². The van der Waals surface area contributed by atoms with Gasteiger partial charge in [-0.3, -0.25) is 14.5 Å². The standard InChI is InChI=1S/C24H24N4O6S/c1-24(20-13-16-7-2-3-10-19(16)34-20)22(30)28(23(31)26-24)15-21(29)25-17-8-6-9-18(14-17)35(32,33)27-11-4-5-12-27/h2-3,6-10,13-14H,4-5,11-12,15H2,1H3,(H,25,29)(H,26,31)/t24-/m1/s1. The predicted molar refractivity (Wildman–Crippen MR) is 127 cm³/mol. The molecule has 2 aliphatic heterocycles. The van der Waals surface area contributed by atoms with Crippen molar-refractivity contribution in [3.05, 3.63) is 60.4 Å². The molecule has 0 radical (unpaired) electrons. The van der Waals surface area contributed by atoms with E-state index in [1.165, 1.54) is 29.4 Å². The molecule has 182 valence electrons. The van der Waals surface area contributed by atoms with Crippen molar-refractivity contribution < 1.29 is 27.2 Å². The van der Waals surface area contributed by atoms with Gasteiger partial charge >= 0.3 is 6.03 Å². The van der Waals surface area contributed by atoms with Crippen LogP contribution in [0.4, 0.5) is 10.5 Å². The Morgan fingerprint density at radius 3 is 2.57 bits per heavy atom. The molecule has 5 rings (SSSR count). The highest BCUT2D eigenvalue weighted by molar-refractivity contribution is 7.89. The molecule has 35 heavy (non-hydrogen) atoms. The van der Waals surface area contributed by atoms with Crippen molar-refractivity contribution in [1.29, 1.82) is 0 Å². The molecule has 0 bridgehead atoms. The lowest BCUT2D eigenvalue weighted by atomic mass is 9.99. The monoisotopic (exact) mass is 496 g/mol. The molecule has 1 atom stereocenters. The molecule has 2 aromatic carbocycles. The number of carbonyl (C=O) groups excluding carboxylic acids is 3. The highest BCUT2D eigenvalue weighted by Crippen LogP contribution is 2.33. The summed E-state index contributed by atoms with van der Waals surface area (Å²) in [5, 5.41) is 5.98. The number of para-hydroxylation sites is 1. The normalized spacial score (nSPS) is 21.0. The van der Waals surface area contributed by atoms with E-state index in [0.29, 0.717) is 18.7 Å². The Morgan fingerprint density at radius 1 is 1.09 bits per heavy atom. The van der Waals surface area contributed by atoms with E-state index >= 15 is 0 Å². The van der Waals surface area contributed by atoms with E-state index in [1.54, 1.807) is 24.3 Å². The second kappa shape index (κ2) is 8.51. The van der Waals surface area contributed by atoms with Crippen molar-refractivity contribution in [2.75, 3.05) is 25.0 Å². The smallest absolute Gasteiger partial charge is 0.325 e. The fourth-order valence-electron chi connectivity index (χ4n) is 4.39. The maximum absolute atomic E-state index is 13.2. The number of hydrogen-bond donors (Lipinski definition) is 2. The van der Waals surface area contributed by atoms with Gasteiger partial charge in [-0.25, -0.2) is 13.2 Å². The maximum Gasteiger partial charge on any atom is 0.325 e. The summed E-state index contributed by atoms with van der Waals surface area (Å²) in [7, 11) is -3.65. The Bertz CT molecular complexity index is 1410. The molecule has 0 spiro atoms. The Kier molecular flexibility index (Phi) is 5.60. The van der Waals surface area contributed by atoms with Crippen molar-refractivity contribution in [2.45, 2.75) is 30.2 Å². The van der Waals surface area contributed by atoms with Gasteiger partial charge in [-0.2, -0.15) is 4.31 Å². The third-order valence-electron chi connectivity index (χ3n) is 6.32. The molecular weight excluding hydrogens is 472 g/mol. The fraction of sp³-hybridized carbons (Fsp3) is 0.292. The van der Waals surface area contributed by atoms with Gasteiger partial charge in [-0.1, -0.05) is 24.3 Å². The molecule has 0 unspecified atom stereocenters. The van der Waals surface area contributed by atoms with Gasteiger partial charge in [0.15, 0.2) is 5.54 Å². The number of rotatable bonds is 6. The summed E-state index contributed by atoms with van der Waals surface area (Å²) < 4.78 is 32.8. The van der Waals surface area contributed by atoms with Gasteiger partial charge < -0.3 is 15.1 Å². The molecule has 2 fully saturated rings. The van der Waals surface area contributed by atoms with E-state index in [2.05, 4.69) is 10.6 Å². The molecule has 0 aliphatic carbocycles. The number of anilines is 1. The van der Waals surface area contributed by atoms with Crippen molar-refractivity contribution in [2.24, 2.45) is 0 Å². The highest BCUT2D eigenvalue weighted by Gasteiger charge is 2.51. The van der Waals surface area contributed by atoms with Crippen LogP contribution in [0.3, 0.4) is 0 Å². The number of amides is 4.